The average molecular weight is 699 g/mol. The zero-order chi connectivity index (χ0) is 33.6. The van der Waals surface area contributed by atoms with Crippen LogP contribution in [0.2, 0.25) is 0 Å². The standard InChI is InChI=1S/C29H39N4O10PS2/c1-18-9-19(2)14-32(13-18)45(38,39)22-5-7-24-26(11-22)28(30-34)27-12-23(46(40,41)33-15-20(3)10-21(4)16-33)6-8-25(27)29(24)31-42-17-43-44(35,36)37/h5-8,11-12,18-21,31H,9-10,13-17H2,1-4H3,(H2,35,36,37)/t18-,19+,20-,21+. The fourth-order valence-electron chi connectivity index (χ4n) is 6.79. The molecular formula is C29H39N4O10PS2. The van der Waals surface area contributed by atoms with Crippen molar-refractivity contribution in [2.24, 2.45) is 28.8 Å². The molecule has 252 valence electrons. The number of rotatable bonds is 10. The van der Waals surface area contributed by atoms with Gasteiger partial charge in [0.1, 0.15) is 5.69 Å². The van der Waals surface area contributed by atoms with Crippen LogP contribution in [0.3, 0.4) is 0 Å². The Bertz CT molecular complexity index is 1780. The molecule has 5 rings (SSSR count). The van der Waals surface area contributed by atoms with Crippen molar-refractivity contribution in [2.75, 3.05) is 38.5 Å². The van der Waals surface area contributed by atoms with Gasteiger partial charge in [-0.25, -0.2) is 26.2 Å². The molecule has 3 aromatic rings. The normalized spacial score (nSPS) is 24.0. The Morgan fingerprint density at radius 2 is 1.20 bits per heavy atom. The van der Waals surface area contributed by atoms with Crippen molar-refractivity contribution in [1.82, 2.24) is 8.61 Å². The third-order valence-corrected chi connectivity index (χ3v) is 12.6. The highest BCUT2D eigenvalue weighted by atomic mass is 32.2. The van der Waals surface area contributed by atoms with Crippen molar-refractivity contribution in [2.45, 2.75) is 50.3 Å². The maximum atomic E-state index is 13.8. The molecule has 0 unspecified atom stereocenters. The first-order valence-corrected chi connectivity index (χ1v) is 19.4. The Kier molecular flexibility index (Phi) is 9.96. The van der Waals surface area contributed by atoms with Crippen LogP contribution < -0.4 is 5.48 Å². The Hall–Kier alpha value is -2.53. The molecule has 2 saturated heterocycles. The first kappa shape index (κ1) is 34.8. The van der Waals surface area contributed by atoms with Gasteiger partial charge >= 0.3 is 7.82 Å². The van der Waals surface area contributed by atoms with Gasteiger partial charge in [0.15, 0.2) is 6.79 Å². The van der Waals surface area contributed by atoms with Gasteiger partial charge in [-0.3, -0.25) is 10.0 Å². The number of phosphoric ester groups is 1. The zero-order valence-electron chi connectivity index (χ0n) is 26.0. The highest BCUT2D eigenvalue weighted by Crippen LogP contribution is 2.44. The molecule has 0 spiro atoms. The summed E-state index contributed by atoms with van der Waals surface area (Å²) in [6.07, 6.45) is 1.80. The zero-order valence-corrected chi connectivity index (χ0v) is 28.5. The third-order valence-electron chi connectivity index (χ3n) is 8.52. The van der Waals surface area contributed by atoms with E-state index in [4.69, 9.17) is 14.6 Å². The van der Waals surface area contributed by atoms with E-state index < -0.39 is 34.7 Å². The summed E-state index contributed by atoms with van der Waals surface area (Å²) < 4.78 is 73.5. The summed E-state index contributed by atoms with van der Waals surface area (Å²) in [5, 5.41) is 4.07. The van der Waals surface area contributed by atoms with Gasteiger partial charge in [0.25, 0.3) is 0 Å². The first-order valence-electron chi connectivity index (χ1n) is 15.0. The lowest BCUT2D eigenvalue weighted by Gasteiger charge is -2.34. The minimum absolute atomic E-state index is 0.0673. The van der Waals surface area contributed by atoms with Crippen molar-refractivity contribution in [3.05, 3.63) is 41.3 Å². The highest BCUT2D eigenvalue weighted by Gasteiger charge is 2.34. The van der Waals surface area contributed by atoms with Crippen LogP contribution >= 0.6 is 7.82 Å². The molecule has 2 aliphatic heterocycles. The average Bonchev–Trinajstić information content (AvgIpc) is 2.96. The molecular weight excluding hydrogens is 659 g/mol. The third kappa shape index (κ3) is 7.15. The smallest absolute Gasteiger partial charge is 0.303 e. The molecule has 2 heterocycles. The Morgan fingerprint density at radius 1 is 0.783 bits per heavy atom. The van der Waals surface area contributed by atoms with Crippen LogP contribution in [0.1, 0.15) is 40.5 Å². The van der Waals surface area contributed by atoms with Crippen LogP contribution in [-0.2, 0) is 34.0 Å². The van der Waals surface area contributed by atoms with E-state index in [-0.39, 0.29) is 55.6 Å². The fourth-order valence-corrected chi connectivity index (χ4v) is 10.4. The van der Waals surface area contributed by atoms with E-state index in [1.54, 1.807) is 0 Å². The lowest BCUT2D eigenvalue weighted by atomic mass is 9.94. The van der Waals surface area contributed by atoms with Crippen LogP contribution in [0.4, 0.5) is 11.4 Å². The van der Waals surface area contributed by atoms with E-state index >= 15 is 0 Å². The number of piperidine rings is 2. The minimum atomic E-state index is -4.86. The van der Waals surface area contributed by atoms with Gasteiger partial charge in [0, 0.05) is 47.7 Å². The number of anilines is 1. The summed E-state index contributed by atoms with van der Waals surface area (Å²) in [7, 11) is -12.8. The number of benzene rings is 3. The monoisotopic (exact) mass is 698 g/mol. The van der Waals surface area contributed by atoms with Gasteiger partial charge in [-0.1, -0.05) is 39.8 Å². The predicted octanol–water partition coefficient (Wildman–Crippen LogP) is 5.13. The number of fused-ring (bicyclic) bond motifs is 2. The van der Waals surface area contributed by atoms with Crippen LogP contribution in [0.15, 0.2) is 51.4 Å². The van der Waals surface area contributed by atoms with Crippen molar-refractivity contribution in [1.29, 1.82) is 0 Å². The highest BCUT2D eigenvalue weighted by molar-refractivity contribution is 7.89. The SMILES string of the molecule is C[C@@H]1C[C@H](C)CN(S(=O)(=O)c2ccc3c(NOCOP(=O)(O)O)c4ccc(S(=O)(=O)N5C[C@H](C)C[C@H](C)C5)cc4c(N=O)c3c2)C1. The molecule has 0 aromatic heterocycles. The number of hydrogen-bond donors (Lipinski definition) is 3. The topological polar surface area (TPSA) is 192 Å². The molecule has 14 nitrogen and oxygen atoms in total. The molecule has 0 bridgehead atoms. The second kappa shape index (κ2) is 13.2. The van der Waals surface area contributed by atoms with Crippen molar-refractivity contribution in [3.8, 4) is 0 Å². The summed E-state index contributed by atoms with van der Waals surface area (Å²) >= 11 is 0. The summed E-state index contributed by atoms with van der Waals surface area (Å²) in [5.74, 6) is 0.628. The van der Waals surface area contributed by atoms with Gasteiger partial charge in [-0.15, -0.1) is 4.91 Å². The van der Waals surface area contributed by atoms with E-state index in [0.717, 1.165) is 12.8 Å². The van der Waals surface area contributed by atoms with Crippen LogP contribution in [0.25, 0.3) is 21.5 Å². The summed E-state index contributed by atoms with van der Waals surface area (Å²) in [5.41, 5.74) is 2.60. The lowest BCUT2D eigenvalue weighted by molar-refractivity contribution is 0.0274. The number of hydrogen-bond acceptors (Lipinski definition) is 10. The van der Waals surface area contributed by atoms with Crippen LogP contribution in [-0.4, -0.2) is 68.2 Å². The van der Waals surface area contributed by atoms with Gasteiger partial charge < -0.3 is 9.79 Å². The summed E-state index contributed by atoms with van der Waals surface area (Å²) in [4.78, 5) is 35.6. The largest absolute Gasteiger partial charge is 0.471 e. The summed E-state index contributed by atoms with van der Waals surface area (Å²) in [6.45, 7) is 8.47. The van der Waals surface area contributed by atoms with E-state index in [1.165, 1.54) is 45.0 Å². The fraction of sp³-hybridized carbons (Fsp3) is 0.517. The van der Waals surface area contributed by atoms with E-state index in [0.29, 0.717) is 37.0 Å². The van der Waals surface area contributed by atoms with Crippen LogP contribution in [0.5, 0.6) is 0 Å². The van der Waals surface area contributed by atoms with E-state index in [1.807, 2.05) is 27.7 Å². The maximum Gasteiger partial charge on any atom is 0.471 e. The Labute approximate surface area is 268 Å². The van der Waals surface area contributed by atoms with Crippen molar-refractivity contribution < 1.29 is 40.5 Å². The molecule has 3 N–H and O–H groups in total. The quantitative estimate of drug-likeness (QED) is 0.0635. The van der Waals surface area contributed by atoms with Crippen molar-refractivity contribution in [3.63, 3.8) is 0 Å². The second-order valence-electron chi connectivity index (χ2n) is 12.7. The molecule has 0 radical (unpaired) electrons. The van der Waals surface area contributed by atoms with Crippen LogP contribution in [0, 0.1) is 28.6 Å². The van der Waals surface area contributed by atoms with Gasteiger partial charge in [-0.2, -0.15) is 8.61 Å². The molecule has 3 aromatic carbocycles. The number of sulfonamides is 2. The molecule has 0 aliphatic carbocycles. The first-order chi connectivity index (χ1) is 21.5. The Morgan fingerprint density at radius 3 is 1.57 bits per heavy atom. The molecule has 0 saturated carbocycles. The predicted molar refractivity (Wildman–Crippen MR) is 173 cm³/mol. The number of phosphoric acid groups is 1. The van der Waals surface area contributed by atoms with Crippen molar-refractivity contribution >= 4 is 60.8 Å². The van der Waals surface area contributed by atoms with Gasteiger partial charge in [0.2, 0.25) is 20.0 Å². The molecule has 17 heteroatoms. The molecule has 2 fully saturated rings. The second-order valence-corrected chi connectivity index (χ2v) is 17.9. The van der Waals surface area contributed by atoms with E-state index in [9.17, 15) is 26.3 Å². The molecule has 0 amide bonds. The maximum absolute atomic E-state index is 13.8. The number of nitrogens with zero attached hydrogens (tertiary/aromatic N) is 3. The Balaban J connectivity index is 1.67. The number of nitrogens with one attached hydrogen (secondary N) is 1. The van der Waals surface area contributed by atoms with Gasteiger partial charge in [-0.05, 0) is 66.0 Å². The number of nitroso groups, excluding NO2 is 1. The molecule has 4 atom stereocenters. The summed E-state index contributed by atoms with van der Waals surface area (Å²) in [6, 6.07) is 8.41. The molecule has 46 heavy (non-hydrogen) atoms. The minimum Gasteiger partial charge on any atom is -0.303 e. The van der Waals surface area contributed by atoms with E-state index in [2.05, 4.69) is 15.2 Å². The molecule has 2 aliphatic rings. The lowest BCUT2D eigenvalue weighted by Crippen LogP contribution is -2.42. The van der Waals surface area contributed by atoms with Gasteiger partial charge in [0.05, 0.1) is 15.5 Å².